The fourth-order valence-corrected chi connectivity index (χ4v) is 7.41. The highest BCUT2D eigenvalue weighted by atomic mass is 32.2. The van der Waals surface area contributed by atoms with Crippen LogP contribution in [0.2, 0.25) is 0 Å². The predicted octanol–water partition coefficient (Wildman–Crippen LogP) is 1.76. The Morgan fingerprint density at radius 3 is 1.85 bits per heavy atom. The number of nitrogens with zero attached hydrogens (tertiary/aromatic N) is 3. The van der Waals surface area contributed by atoms with E-state index in [1.54, 1.807) is 47.4 Å². The largest absolute Gasteiger partial charge is 0.340 e. The first-order valence-corrected chi connectivity index (χ1v) is 14.2. The smallest absolute Gasteiger partial charge is 0.243 e. The number of piperazine rings is 1. The molecule has 0 spiro atoms. The highest BCUT2D eigenvalue weighted by Gasteiger charge is 2.36. The number of amides is 1. The first-order valence-electron chi connectivity index (χ1n) is 11.1. The van der Waals surface area contributed by atoms with E-state index in [0.29, 0.717) is 39.0 Å². The molecule has 2 aliphatic heterocycles. The van der Waals surface area contributed by atoms with E-state index in [-0.39, 0.29) is 35.6 Å². The molecule has 0 radical (unpaired) electrons. The first kappa shape index (κ1) is 23.9. The summed E-state index contributed by atoms with van der Waals surface area (Å²) < 4.78 is 54.0. The second-order valence-corrected chi connectivity index (χ2v) is 12.4. The molecule has 2 aromatic carbocycles. The van der Waals surface area contributed by atoms with E-state index in [4.69, 9.17) is 0 Å². The monoisotopic (exact) mass is 491 g/mol. The summed E-state index contributed by atoms with van der Waals surface area (Å²) in [7, 11) is -6.99. The van der Waals surface area contributed by atoms with Crippen LogP contribution in [-0.2, 0) is 30.6 Å². The molecule has 10 heteroatoms. The van der Waals surface area contributed by atoms with Gasteiger partial charge in [-0.3, -0.25) is 4.79 Å². The molecule has 0 atom stereocenters. The van der Waals surface area contributed by atoms with E-state index in [1.807, 2.05) is 18.2 Å². The summed E-state index contributed by atoms with van der Waals surface area (Å²) in [5.74, 6) is -0.289. The highest BCUT2D eigenvalue weighted by molar-refractivity contribution is 7.89. The van der Waals surface area contributed by atoms with Crippen molar-refractivity contribution in [3.05, 3.63) is 66.2 Å². The minimum absolute atomic E-state index is 0.00753. The lowest BCUT2D eigenvalue weighted by atomic mass is 9.96. The number of hydrogen-bond donors (Lipinski definition) is 0. The second kappa shape index (κ2) is 9.92. The van der Waals surface area contributed by atoms with Crippen molar-refractivity contribution < 1.29 is 21.6 Å². The zero-order valence-corrected chi connectivity index (χ0v) is 20.0. The summed E-state index contributed by atoms with van der Waals surface area (Å²) in [6.07, 6.45) is 0.939. The zero-order valence-electron chi connectivity index (χ0n) is 18.4. The van der Waals surface area contributed by atoms with Gasteiger partial charge in [0.05, 0.1) is 10.6 Å². The molecular weight excluding hydrogens is 462 g/mol. The van der Waals surface area contributed by atoms with Gasteiger partial charge < -0.3 is 4.90 Å². The number of hydrogen-bond acceptors (Lipinski definition) is 5. The molecule has 0 unspecified atom stereocenters. The maximum Gasteiger partial charge on any atom is 0.243 e. The molecule has 2 heterocycles. The average molecular weight is 492 g/mol. The highest BCUT2D eigenvalue weighted by Crippen LogP contribution is 2.26. The van der Waals surface area contributed by atoms with Crippen LogP contribution in [0.5, 0.6) is 0 Å². The minimum atomic E-state index is -3.55. The minimum Gasteiger partial charge on any atom is -0.340 e. The van der Waals surface area contributed by atoms with Crippen LogP contribution >= 0.6 is 0 Å². The summed E-state index contributed by atoms with van der Waals surface area (Å²) in [5, 5.41) is 0. The topological polar surface area (TPSA) is 95.1 Å². The van der Waals surface area contributed by atoms with Gasteiger partial charge in [-0.05, 0) is 30.5 Å². The van der Waals surface area contributed by atoms with E-state index in [9.17, 15) is 21.6 Å². The van der Waals surface area contributed by atoms with Crippen molar-refractivity contribution in [2.75, 3.05) is 39.3 Å². The number of piperidine rings is 1. The molecule has 33 heavy (non-hydrogen) atoms. The Morgan fingerprint density at radius 2 is 1.27 bits per heavy atom. The molecule has 0 bridgehead atoms. The third kappa shape index (κ3) is 5.46. The number of sulfonamides is 2. The van der Waals surface area contributed by atoms with Crippen LogP contribution in [0.25, 0.3) is 0 Å². The Hall–Kier alpha value is -2.27. The van der Waals surface area contributed by atoms with Gasteiger partial charge in [-0.2, -0.15) is 8.61 Å². The van der Waals surface area contributed by atoms with Gasteiger partial charge >= 0.3 is 0 Å². The summed E-state index contributed by atoms with van der Waals surface area (Å²) >= 11 is 0. The maximum atomic E-state index is 13.0. The van der Waals surface area contributed by atoms with Gasteiger partial charge in [0.25, 0.3) is 0 Å². The Kier molecular flexibility index (Phi) is 7.18. The quantitative estimate of drug-likeness (QED) is 0.614. The van der Waals surface area contributed by atoms with Crippen LogP contribution in [-0.4, -0.2) is 75.5 Å². The lowest BCUT2D eigenvalue weighted by Gasteiger charge is -2.38. The molecule has 0 saturated carbocycles. The first-order chi connectivity index (χ1) is 15.8. The van der Waals surface area contributed by atoms with Crippen LogP contribution < -0.4 is 0 Å². The van der Waals surface area contributed by atoms with Crippen molar-refractivity contribution in [1.82, 2.24) is 13.5 Å². The number of rotatable bonds is 6. The third-order valence-electron chi connectivity index (χ3n) is 6.32. The molecule has 0 aromatic heterocycles. The third-order valence-corrected chi connectivity index (χ3v) is 10.1. The van der Waals surface area contributed by atoms with Crippen LogP contribution in [0, 0.1) is 5.92 Å². The van der Waals surface area contributed by atoms with Crippen LogP contribution in [0.15, 0.2) is 65.6 Å². The molecule has 4 rings (SSSR count). The fraction of sp³-hybridized carbons (Fsp3) is 0.435. The Morgan fingerprint density at radius 1 is 0.727 bits per heavy atom. The van der Waals surface area contributed by atoms with Crippen LogP contribution in [0.4, 0.5) is 0 Å². The predicted molar refractivity (Wildman–Crippen MR) is 125 cm³/mol. The van der Waals surface area contributed by atoms with E-state index >= 15 is 0 Å². The van der Waals surface area contributed by atoms with Crippen molar-refractivity contribution in [3.63, 3.8) is 0 Å². The zero-order chi connectivity index (χ0) is 23.5. The Balaban J connectivity index is 1.29. The maximum absolute atomic E-state index is 13.0. The molecule has 2 aromatic rings. The molecular formula is C23H29N3O5S2. The van der Waals surface area contributed by atoms with Gasteiger partial charge in [0.15, 0.2) is 0 Å². The summed E-state index contributed by atoms with van der Waals surface area (Å²) in [6, 6.07) is 17.4. The summed E-state index contributed by atoms with van der Waals surface area (Å²) in [5.41, 5.74) is 0.744. The molecule has 178 valence electrons. The number of carbonyl (C=O) groups excluding carboxylic acids is 1. The van der Waals surface area contributed by atoms with Crippen molar-refractivity contribution in [2.45, 2.75) is 23.5 Å². The number of carbonyl (C=O) groups is 1. The standard InChI is InChI=1S/C23H29N3O5S2/c27-23(21-11-13-26(14-12-21)33(30,31)22-9-5-2-6-10-22)24-15-17-25(18-16-24)32(28,29)19-20-7-3-1-4-8-20/h1-10,21H,11-19H2. The lowest BCUT2D eigenvalue weighted by Crippen LogP contribution is -2.53. The molecule has 8 nitrogen and oxygen atoms in total. The molecule has 0 aliphatic carbocycles. The summed E-state index contributed by atoms with van der Waals surface area (Å²) in [4.78, 5) is 15.0. The van der Waals surface area contributed by atoms with Crippen molar-refractivity contribution in [1.29, 1.82) is 0 Å². The molecule has 0 N–H and O–H groups in total. The van der Waals surface area contributed by atoms with Gasteiger partial charge in [-0.1, -0.05) is 48.5 Å². The number of benzene rings is 2. The average Bonchev–Trinajstić information content (AvgIpc) is 2.85. The van der Waals surface area contributed by atoms with Crippen molar-refractivity contribution in [2.24, 2.45) is 5.92 Å². The van der Waals surface area contributed by atoms with Crippen molar-refractivity contribution in [3.8, 4) is 0 Å². The lowest BCUT2D eigenvalue weighted by molar-refractivity contribution is -0.137. The molecule has 2 saturated heterocycles. The van der Waals surface area contributed by atoms with E-state index in [2.05, 4.69) is 0 Å². The van der Waals surface area contributed by atoms with Crippen LogP contribution in [0.1, 0.15) is 18.4 Å². The molecule has 2 fully saturated rings. The van der Waals surface area contributed by atoms with Gasteiger partial charge in [-0.15, -0.1) is 0 Å². The van der Waals surface area contributed by atoms with Gasteiger partial charge in [-0.25, -0.2) is 16.8 Å². The van der Waals surface area contributed by atoms with Crippen molar-refractivity contribution >= 4 is 26.0 Å². The van der Waals surface area contributed by atoms with Gasteiger partial charge in [0.2, 0.25) is 26.0 Å². The van der Waals surface area contributed by atoms with E-state index in [0.717, 1.165) is 5.56 Å². The molecule has 1 amide bonds. The van der Waals surface area contributed by atoms with Gasteiger partial charge in [0, 0.05) is 45.2 Å². The SMILES string of the molecule is O=C(C1CCN(S(=O)(=O)c2ccccc2)CC1)N1CCN(S(=O)(=O)Cc2ccccc2)CC1. The second-order valence-electron chi connectivity index (χ2n) is 8.46. The van der Waals surface area contributed by atoms with E-state index < -0.39 is 20.0 Å². The molecule has 2 aliphatic rings. The summed E-state index contributed by atoms with van der Waals surface area (Å²) in [6.45, 7) is 1.88. The normalized spacial score (nSPS) is 19.5. The van der Waals surface area contributed by atoms with Crippen LogP contribution in [0.3, 0.4) is 0 Å². The van der Waals surface area contributed by atoms with Gasteiger partial charge in [0.1, 0.15) is 0 Å². The Bertz CT molecular complexity index is 1160. The van der Waals surface area contributed by atoms with E-state index in [1.165, 1.54) is 8.61 Å². The Labute approximate surface area is 195 Å². The fourth-order valence-electron chi connectivity index (χ4n) is 4.41.